The van der Waals surface area contributed by atoms with Gasteiger partial charge < -0.3 is 9.73 Å². The smallest absolute Gasteiger partial charge is 0.329 e. The number of hydrogen-bond acceptors (Lipinski definition) is 4. The summed E-state index contributed by atoms with van der Waals surface area (Å²) in [4.78, 5) is 23.2. The van der Waals surface area contributed by atoms with E-state index in [9.17, 15) is 9.59 Å². The van der Waals surface area contributed by atoms with E-state index in [-0.39, 0.29) is 10.7 Å². The number of benzene rings is 1. The van der Waals surface area contributed by atoms with Crippen molar-refractivity contribution >= 4 is 46.9 Å². The van der Waals surface area contributed by atoms with Crippen LogP contribution in [0.2, 0.25) is 10.0 Å². The topological polar surface area (TPSA) is 83.7 Å². The standard InChI is InChI=1S/C13H9Cl2N3O3/c14-8-3-4-10(15)11(6-8)17-12(19)13(20)18-16-7-9-2-1-5-21-9/h1-7H,(H,17,19)(H,18,20)/b16-7-. The average Bonchev–Trinajstić information content (AvgIpc) is 2.96. The van der Waals surface area contributed by atoms with E-state index >= 15 is 0 Å². The van der Waals surface area contributed by atoms with Gasteiger partial charge in [0, 0.05) is 5.02 Å². The summed E-state index contributed by atoms with van der Waals surface area (Å²) in [5.74, 6) is -1.43. The van der Waals surface area contributed by atoms with Gasteiger partial charge in [0.15, 0.2) is 0 Å². The molecule has 0 atom stereocenters. The Bertz CT molecular complexity index is 684. The number of rotatable bonds is 3. The number of nitrogens with one attached hydrogen (secondary N) is 2. The molecule has 2 aromatic rings. The Hall–Kier alpha value is -2.31. The van der Waals surface area contributed by atoms with Crippen LogP contribution >= 0.6 is 23.2 Å². The molecule has 0 saturated carbocycles. The molecule has 108 valence electrons. The zero-order chi connectivity index (χ0) is 15.2. The van der Waals surface area contributed by atoms with E-state index in [4.69, 9.17) is 27.6 Å². The molecule has 1 aromatic carbocycles. The molecule has 0 bridgehead atoms. The van der Waals surface area contributed by atoms with Gasteiger partial charge in [-0.05, 0) is 30.3 Å². The molecule has 0 fully saturated rings. The van der Waals surface area contributed by atoms with E-state index in [0.717, 1.165) is 0 Å². The van der Waals surface area contributed by atoms with Gasteiger partial charge in [0.2, 0.25) is 0 Å². The van der Waals surface area contributed by atoms with Crippen molar-refractivity contribution < 1.29 is 14.0 Å². The first-order valence-electron chi connectivity index (χ1n) is 5.69. The molecule has 8 heteroatoms. The highest BCUT2D eigenvalue weighted by molar-refractivity contribution is 6.42. The molecule has 0 aliphatic rings. The monoisotopic (exact) mass is 325 g/mol. The molecule has 0 radical (unpaired) electrons. The van der Waals surface area contributed by atoms with Gasteiger partial charge in [-0.3, -0.25) is 9.59 Å². The van der Waals surface area contributed by atoms with Crippen molar-refractivity contribution in [2.45, 2.75) is 0 Å². The van der Waals surface area contributed by atoms with Gasteiger partial charge in [-0.1, -0.05) is 23.2 Å². The van der Waals surface area contributed by atoms with Crippen LogP contribution in [0.25, 0.3) is 0 Å². The summed E-state index contributed by atoms with van der Waals surface area (Å²) >= 11 is 11.6. The second-order valence-electron chi connectivity index (χ2n) is 3.79. The minimum Gasteiger partial charge on any atom is -0.463 e. The maximum atomic E-state index is 11.6. The number of hydrogen-bond donors (Lipinski definition) is 2. The lowest BCUT2D eigenvalue weighted by molar-refractivity contribution is -0.136. The molecule has 21 heavy (non-hydrogen) atoms. The molecule has 2 rings (SSSR count). The van der Waals surface area contributed by atoms with Crippen LogP contribution in [-0.2, 0) is 9.59 Å². The molecule has 2 amide bonds. The molecular formula is C13H9Cl2N3O3. The number of amides is 2. The fourth-order valence-corrected chi connectivity index (χ4v) is 1.68. The van der Waals surface area contributed by atoms with Crippen molar-refractivity contribution in [3.63, 3.8) is 0 Å². The van der Waals surface area contributed by atoms with Crippen LogP contribution in [0.15, 0.2) is 46.1 Å². The van der Waals surface area contributed by atoms with Crippen molar-refractivity contribution in [3.05, 3.63) is 52.4 Å². The highest BCUT2D eigenvalue weighted by Gasteiger charge is 2.14. The molecule has 6 nitrogen and oxygen atoms in total. The second kappa shape index (κ2) is 6.92. The molecule has 2 N–H and O–H groups in total. The maximum Gasteiger partial charge on any atom is 0.329 e. The van der Waals surface area contributed by atoms with E-state index in [1.54, 1.807) is 18.2 Å². The van der Waals surface area contributed by atoms with Crippen LogP contribution in [0, 0.1) is 0 Å². The van der Waals surface area contributed by atoms with Gasteiger partial charge in [0.1, 0.15) is 5.76 Å². The molecule has 0 aliphatic carbocycles. The molecule has 1 aromatic heterocycles. The summed E-state index contributed by atoms with van der Waals surface area (Å²) in [6, 6.07) is 7.80. The van der Waals surface area contributed by atoms with Crippen LogP contribution in [-0.4, -0.2) is 18.0 Å². The molecule has 0 saturated heterocycles. The Labute approximate surface area is 129 Å². The van der Waals surface area contributed by atoms with Crippen LogP contribution < -0.4 is 10.7 Å². The Balaban J connectivity index is 1.93. The Morgan fingerprint density at radius 1 is 1.19 bits per heavy atom. The minimum absolute atomic E-state index is 0.235. The maximum absolute atomic E-state index is 11.6. The Morgan fingerprint density at radius 2 is 2.00 bits per heavy atom. The number of carbonyl (C=O) groups excluding carboxylic acids is 2. The SMILES string of the molecule is O=C(N/N=C\c1ccco1)C(=O)Nc1cc(Cl)ccc1Cl. The van der Waals surface area contributed by atoms with Crippen molar-refractivity contribution in [2.24, 2.45) is 5.10 Å². The van der Waals surface area contributed by atoms with E-state index in [2.05, 4.69) is 15.8 Å². The average molecular weight is 326 g/mol. The summed E-state index contributed by atoms with van der Waals surface area (Å²) in [6.07, 6.45) is 2.72. The number of halogens is 2. The molecule has 0 spiro atoms. The summed E-state index contributed by atoms with van der Waals surface area (Å²) in [5.41, 5.74) is 2.29. The second-order valence-corrected chi connectivity index (χ2v) is 4.64. The van der Waals surface area contributed by atoms with Crippen LogP contribution in [0.4, 0.5) is 5.69 Å². The Kier molecular flexibility index (Phi) is 4.97. The lowest BCUT2D eigenvalue weighted by atomic mass is 10.3. The number of carbonyl (C=O) groups is 2. The fraction of sp³-hybridized carbons (Fsp3) is 0. The molecule has 0 aliphatic heterocycles. The Morgan fingerprint density at radius 3 is 2.71 bits per heavy atom. The fourth-order valence-electron chi connectivity index (χ4n) is 1.34. The third-order valence-electron chi connectivity index (χ3n) is 2.28. The quantitative estimate of drug-likeness (QED) is 0.517. The van der Waals surface area contributed by atoms with E-state index in [1.807, 2.05) is 0 Å². The predicted octanol–water partition coefficient (Wildman–Crippen LogP) is 2.68. The lowest BCUT2D eigenvalue weighted by Gasteiger charge is -2.06. The number of anilines is 1. The lowest BCUT2D eigenvalue weighted by Crippen LogP contribution is -2.32. The normalized spacial score (nSPS) is 10.6. The summed E-state index contributed by atoms with van der Waals surface area (Å²) in [5, 5.41) is 6.55. The first kappa shape index (κ1) is 15.1. The van der Waals surface area contributed by atoms with Gasteiger partial charge in [0.25, 0.3) is 0 Å². The van der Waals surface area contributed by atoms with Crippen LogP contribution in [0.5, 0.6) is 0 Å². The number of furan rings is 1. The van der Waals surface area contributed by atoms with Crippen molar-refractivity contribution in [1.82, 2.24) is 5.43 Å². The van der Waals surface area contributed by atoms with Gasteiger partial charge in [0.05, 0.1) is 23.2 Å². The zero-order valence-corrected chi connectivity index (χ0v) is 12.0. The molecular weight excluding hydrogens is 317 g/mol. The minimum atomic E-state index is -0.950. The summed E-state index contributed by atoms with van der Waals surface area (Å²) < 4.78 is 4.97. The van der Waals surface area contributed by atoms with Crippen molar-refractivity contribution in [2.75, 3.05) is 5.32 Å². The number of hydrazone groups is 1. The third kappa shape index (κ3) is 4.34. The highest BCUT2D eigenvalue weighted by Crippen LogP contribution is 2.25. The third-order valence-corrected chi connectivity index (χ3v) is 2.85. The van der Waals surface area contributed by atoms with E-state index in [0.29, 0.717) is 10.8 Å². The van der Waals surface area contributed by atoms with Crippen LogP contribution in [0.3, 0.4) is 0 Å². The van der Waals surface area contributed by atoms with Crippen molar-refractivity contribution in [1.29, 1.82) is 0 Å². The first-order valence-corrected chi connectivity index (χ1v) is 6.45. The zero-order valence-electron chi connectivity index (χ0n) is 10.5. The molecule has 1 heterocycles. The first-order chi connectivity index (χ1) is 10.1. The predicted molar refractivity (Wildman–Crippen MR) is 79.5 cm³/mol. The van der Waals surface area contributed by atoms with E-state index < -0.39 is 11.8 Å². The van der Waals surface area contributed by atoms with Crippen molar-refractivity contribution in [3.8, 4) is 0 Å². The van der Waals surface area contributed by atoms with Crippen LogP contribution in [0.1, 0.15) is 5.76 Å². The van der Waals surface area contributed by atoms with Gasteiger partial charge in [-0.15, -0.1) is 0 Å². The largest absolute Gasteiger partial charge is 0.463 e. The van der Waals surface area contributed by atoms with Gasteiger partial charge in [-0.2, -0.15) is 5.10 Å². The molecule has 0 unspecified atom stereocenters. The summed E-state index contributed by atoms with van der Waals surface area (Å²) in [6.45, 7) is 0. The van der Waals surface area contributed by atoms with E-state index in [1.165, 1.54) is 24.6 Å². The van der Waals surface area contributed by atoms with Gasteiger partial charge >= 0.3 is 11.8 Å². The highest BCUT2D eigenvalue weighted by atomic mass is 35.5. The number of nitrogens with zero attached hydrogens (tertiary/aromatic N) is 1. The van der Waals surface area contributed by atoms with Gasteiger partial charge in [-0.25, -0.2) is 5.43 Å². The summed E-state index contributed by atoms with van der Waals surface area (Å²) in [7, 11) is 0.